The van der Waals surface area contributed by atoms with Crippen LogP contribution in [-0.2, 0) is 0 Å². The Bertz CT molecular complexity index is 628. The molecule has 0 aliphatic rings. The fraction of sp³-hybridized carbons (Fsp3) is 0. The van der Waals surface area contributed by atoms with E-state index in [0.29, 0.717) is 10.6 Å². The molecule has 2 aromatic carbocycles. The van der Waals surface area contributed by atoms with Crippen molar-refractivity contribution in [3.8, 4) is 0 Å². The number of hydrogen-bond acceptors (Lipinski definition) is 2. The topological polar surface area (TPSA) is 41.5 Å². The van der Waals surface area contributed by atoms with Gasteiger partial charge in [0.2, 0.25) is 0 Å². The summed E-state index contributed by atoms with van der Waals surface area (Å²) in [5.74, 6) is -0.274. The van der Waals surface area contributed by atoms with Crippen molar-refractivity contribution >= 4 is 39.7 Å². The third-order valence-corrected chi connectivity index (χ3v) is 3.20. The summed E-state index contributed by atoms with van der Waals surface area (Å²) in [6.45, 7) is 0. The Morgan fingerprint density at radius 3 is 2.74 bits per heavy atom. The van der Waals surface area contributed by atoms with E-state index in [1.54, 1.807) is 24.3 Å². The van der Waals surface area contributed by atoms with Gasteiger partial charge in [-0.25, -0.2) is 5.43 Å². The van der Waals surface area contributed by atoms with Crippen LogP contribution in [0.1, 0.15) is 15.9 Å². The smallest absolute Gasteiger partial charge is 0.267 e. The maximum absolute atomic E-state index is 11.8. The van der Waals surface area contributed by atoms with Gasteiger partial charge in [0.1, 0.15) is 0 Å². The number of benzene rings is 2. The normalized spacial score (nSPS) is 10.6. The molecule has 1 N–H and O–H groups in total. The van der Waals surface area contributed by atoms with Gasteiger partial charge in [-0.3, -0.25) is 4.79 Å². The maximum Gasteiger partial charge on any atom is 0.271 e. The highest BCUT2D eigenvalue weighted by atomic mass is 79.9. The summed E-state index contributed by atoms with van der Waals surface area (Å²) >= 11 is 9.28. The average Bonchev–Trinajstić information content (AvgIpc) is 2.41. The molecule has 3 nitrogen and oxygen atoms in total. The highest BCUT2D eigenvalue weighted by molar-refractivity contribution is 9.10. The summed E-state index contributed by atoms with van der Waals surface area (Å²) in [7, 11) is 0. The number of carbonyl (C=O) groups excluding carboxylic acids is 1. The van der Waals surface area contributed by atoms with Crippen molar-refractivity contribution in [3.05, 3.63) is 69.2 Å². The van der Waals surface area contributed by atoms with Gasteiger partial charge in [0.25, 0.3) is 5.91 Å². The molecule has 96 valence electrons. The highest BCUT2D eigenvalue weighted by Gasteiger charge is 2.03. The third-order valence-electron chi connectivity index (χ3n) is 2.36. The molecule has 0 aromatic heterocycles. The lowest BCUT2D eigenvalue weighted by Gasteiger charge is -2.00. The quantitative estimate of drug-likeness (QED) is 0.670. The van der Waals surface area contributed by atoms with E-state index in [1.807, 2.05) is 24.3 Å². The maximum atomic E-state index is 11.8. The molecule has 0 aliphatic heterocycles. The number of amides is 1. The molecule has 0 saturated heterocycles. The number of carbonyl (C=O) groups is 1. The van der Waals surface area contributed by atoms with Crippen molar-refractivity contribution in [2.75, 3.05) is 0 Å². The molecule has 19 heavy (non-hydrogen) atoms. The average molecular weight is 338 g/mol. The number of halogens is 2. The number of rotatable bonds is 3. The standard InChI is InChI=1S/C14H10BrClN2O/c15-12-6-3-5-10(8-12)14(19)18-17-9-11-4-1-2-7-13(11)16/h1-9H,(H,18,19). The van der Waals surface area contributed by atoms with Crippen LogP contribution in [0.2, 0.25) is 5.02 Å². The van der Waals surface area contributed by atoms with Crippen molar-refractivity contribution in [1.29, 1.82) is 0 Å². The Labute approximate surface area is 124 Å². The largest absolute Gasteiger partial charge is 0.271 e. The summed E-state index contributed by atoms with van der Waals surface area (Å²) in [5.41, 5.74) is 3.73. The van der Waals surface area contributed by atoms with E-state index in [2.05, 4.69) is 26.5 Å². The fourth-order valence-electron chi connectivity index (χ4n) is 1.43. The minimum Gasteiger partial charge on any atom is -0.267 e. The van der Waals surface area contributed by atoms with Gasteiger partial charge in [0.15, 0.2) is 0 Å². The second-order valence-corrected chi connectivity index (χ2v) is 5.05. The number of hydrazone groups is 1. The Morgan fingerprint density at radius 2 is 2.00 bits per heavy atom. The summed E-state index contributed by atoms with van der Waals surface area (Å²) in [5, 5.41) is 4.47. The van der Waals surface area contributed by atoms with Crippen LogP contribution in [0.5, 0.6) is 0 Å². The molecule has 1 amide bonds. The molecule has 2 rings (SSSR count). The molecule has 0 saturated carbocycles. The second-order valence-electron chi connectivity index (χ2n) is 3.73. The van der Waals surface area contributed by atoms with Crippen LogP contribution in [0.25, 0.3) is 0 Å². The summed E-state index contributed by atoms with van der Waals surface area (Å²) in [6.07, 6.45) is 1.51. The molecular formula is C14H10BrClN2O. The van der Waals surface area contributed by atoms with Crippen molar-refractivity contribution < 1.29 is 4.79 Å². The van der Waals surface area contributed by atoms with Gasteiger partial charge in [0, 0.05) is 20.6 Å². The van der Waals surface area contributed by atoms with Gasteiger partial charge in [-0.1, -0.05) is 51.8 Å². The van der Waals surface area contributed by atoms with Crippen LogP contribution in [0.3, 0.4) is 0 Å². The Morgan fingerprint density at radius 1 is 1.21 bits per heavy atom. The first-order chi connectivity index (χ1) is 9.16. The van der Waals surface area contributed by atoms with Crippen LogP contribution in [0.15, 0.2) is 58.1 Å². The van der Waals surface area contributed by atoms with Gasteiger partial charge in [0.05, 0.1) is 6.21 Å². The highest BCUT2D eigenvalue weighted by Crippen LogP contribution is 2.13. The zero-order valence-electron chi connectivity index (χ0n) is 9.81. The molecule has 0 bridgehead atoms. The van der Waals surface area contributed by atoms with E-state index in [9.17, 15) is 4.79 Å². The van der Waals surface area contributed by atoms with Gasteiger partial charge in [-0.15, -0.1) is 0 Å². The molecule has 0 unspecified atom stereocenters. The molecule has 0 spiro atoms. The number of nitrogens with one attached hydrogen (secondary N) is 1. The first-order valence-electron chi connectivity index (χ1n) is 5.50. The van der Waals surface area contributed by atoms with Crippen molar-refractivity contribution in [2.24, 2.45) is 5.10 Å². The van der Waals surface area contributed by atoms with Gasteiger partial charge in [-0.05, 0) is 24.3 Å². The van der Waals surface area contributed by atoms with Gasteiger partial charge >= 0.3 is 0 Å². The van der Waals surface area contributed by atoms with Crippen LogP contribution < -0.4 is 5.43 Å². The molecule has 0 aliphatic carbocycles. The minimum atomic E-state index is -0.274. The number of hydrogen-bond donors (Lipinski definition) is 1. The van der Waals surface area contributed by atoms with Gasteiger partial charge in [-0.2, -0.15) is 5.10 Å². The second kappa shape index (κ2) is 6.50. The lowest BCUT2D eigenvalue weighted by Crippen LogP contribution is -2.17. The Balaban J connectivity index is 2.03. The fourth-order valence-corrected chi connectivity index (χ4v) is 2.02. The van der Waals surface area contributed by atoms with Crippen molar-refractivity contribution in [1.82, 2.24) is 5.43 Å². The van der Waals surface area contributed by atoms with E-state index < -0.39 is 0 Å². The summed E-state index contributed by atoms with van der Waals surface area (Å²) < 4.78 is 0.843. The molecule has 0 fully saturated rings. The molecule has 2 aromatic rings. The molecule has 0 radical (unpaired) electrons. The van der Waals surface area contributed by atoms with E-state index in [4.69, 9.17) is 11.6 Å². The first kappa shape index (κ1) is 13.8. The lowest BCUT2D eigenvalue weighted by molar-refractivity contribution is 0.0955. The first-order valence-corrected chi connectivity index (χ1v) is 6.67. The predicted molar refractivity (Wildman–Crippen MR) is 80.7 cm³/mol. The zero-order valence-corrected chi connectivity index (χ0v) is 12.1. The van der Waals surface area contributed by atoms with Gasteiger partial charge < -0.3 is 0 Å². The van der Waals surface area contributed by atoms with Crippen molar-refractivity contribution in [3.63, 3.8) is 0 Å². The van der Waals surface area contributed by atoms with Crippen LogP contribution in [0.4, 0.5) is 0 Å². The summed E-state index contributed by atoms with van der Waals surface area (Å²) in [4.78, 5) is 11.8. The zero-order chi connectivity index (χ0) is 13.7. The molecule has 0 atom stereocenters. The van der Waals surface area contributed by atoms with Crippen LogP contribution in [-0.4, -0.2) is 12.1 Å². The third kappa shape index (κ3) is 3.91. The molecular weight excluding hydrogens is 328 g/mol. The van der Waals surface area contributed by atoms with Crippen LogP contribution >= 0.6 is 27.5 Å². The Kier molecular flexibility index (Phi) is 4.71. The molecule has 0 heterocycles. The van der Waals surface area contributed by atoms with E-state index in [0.717, 1.165) is 10.0 Å². The lowest BCUT2D eigenvalue weighted by atomic mass is 10.2. The van der Waals surface area contributed by atoms with Crippen LogP contribution in [0, 0.1) is 0 Å². The molecule has 5 heteroatoms. The number of nitrogens with zero attached hydrogens (tertiary/aromatic N) is 1. The van der Waals surface area contributed by atoms with E-state index in [-0.39, 0.29) is 5.91 Å². The Hall–Kier alpha value is -1.65. The minimum absolute atomic E-state index is 0.274. The monoisotopic (exact) mass is 336 g/mol. The van der Waals surface area contributed by atoms with E-state index in [1.165, 1.54) is 6.21 Å². The SMILES string of the molecule is O=C(NN=Cc1ccccc1Cl)c1cccc(Br)c1. The predicted octanol–water partition coefficient (Wildman–Crippen LogP) is 3.87. The van der Waals surface area contributed by atoms with E-state index >= 15 is 0 Å². The summed E-state index contributed by atoms with van der Waals surface area (Å²) in [6, 6.07) is 14.3. The van der Waals surface area contributed by atoms with Crippen molar-refractivity contribution in [2.45, 2.75) is 0 Å².